The molecule has 6 nitrogen and oxygen atoms in total. The second-order valence-electron chi connectivity index (χ2n) is 6.78. The van der Waals surface area contributed by atoms with E-state index in [1.54, 1.807) is 21.3 Å². The van der Waals surface area contributed by atoms with Crippen LogP contribution in [0.5, 0.6) is 17.2 Å². The summed E-state index contributed by atoms with van der Waals surface area (Å²) < 4.78 is 21.7. The van der Waals surface area contributed by atoms with Crippen molar-refractivity contribution in [2.24, 2.45) is 0 Å². The number of carbonyl (C=O) groups excluding carboxylic acids is 1. The lowest BCUT2D eigenvalue weighted by molar-refractivity contribution is -0.130. The molecule has 0 saturated carbocycles. The number of rotatable bonds is 7. The van der Waals surface area contributed by atoms with E-state index < -0.39 is 5.41 Å². The summed E-state index contributed by atoms with van der Waals surface area (Å²) in [5.74, 6) is 1.67. The van der Waals surface area contributed by atoms with Crippen molar-refractivity contribution in [1.29, 1.82) is 0 Å². The van der Waals surface area contributed by atoms with Crippen LogP contribution in [0.1, 0.15) is 24.0 Å². The van der Waals surface area contributed by atoms with Crippen LogP contribution in [0.2, 0.25) is 0 Å². The average molecular weight is 385 g/mol. The molecule has 0 atom stereocenters. The van der Waals surface area contributed by atoms with Crippen molar-refractivity contribution in [2.45, 2.75) is 24.8 Å². The van der Waals surface area contributed by atoms with Crippen molar-refractivity contribution in [1.82, 2.24) is 5.32 Å². The number of hydrogen-bond acceptors (Lipinski definition) is 5. The van der Waals surface area contributed by atoms with Gasteiger partial charge in [-0.15, -0.1) is 0 Å². The van der Waals surface area contributed by atoms with Crippen LogP contribution in [0.25, 0.3) is 0 Å². The molecular weight excluding hydrogens is 358 g/mol. The Kier molecular flexibility index (Phi) is 6.41. The summed E-state index contributed by atoms with van der Waals surface area (Å²) >= 11 is 0. The zero-order valence-electron chi connectivity index (χ0n) is 16.6. The topological polar surface area (TPSA) is 66.0 Å². The van der Waals surface area contributed by atoms with Crippen molar-refractivity contribution in [3.8, 4) is 17.2 Å². The molecule has 1 amide bonds. The van der Waals surface area contributed by atoms with Crippen LogP contribution in [0, 0.1) is 0 Å². The molecule has 0 radical (unpaired) electrons. The second kappa shape index (κ2) is 8.97. The molecule has 3 rings (SSSR count). The Morgan fingerprint density at radius 1 is 1.00 bits per heavy atom. The number of hydrogen-bond donors (Lipinski definition) is 1. The highest BCUT2D eigenvalue weighted by atomic mass is 16.5. The molecule has 6 heteroatoms. The van der Waals surface area contributed by atoms with Gasteiger partial charge in [-0.3, -0.25) is 4.79 Å². The molecule has 0 aliphatic carbocycles. The molecule has 1 fully saturated rings. The lowest BCUT2D eigenvalue weighted by Crippen LogP contribution is -2.47. The summed E-state index contributed by atoms with van der Waals surface area (Å²) in [6.45, 7) is 1.52. The predicted octanol–water partition coefficient (Wildman–Crippen LogP) is 3.08. The SMILES string of the molecule is COc1cc(CNC(=O)C2(c3ccccc3)CCOCC2)cc(OC)c1OC. The summed E-state index contributed by atoms with van der Waals surface area (Å²) in [5.41, 5.74) is 1.33. The smallest absolute Gasteiger partial charge is 0.231 e. The first kappa shape index (κ1) is 20.0. The van der Waals surface area contributed by atoms with E-state index in [0.717, 1.165) is 11.1 Å². The van der Waals surface area contributed by atoms with Gasteiger partial charge in [-0.05, 0) is 36.1 Å². The van der Waals surface area contributed by atoms with Gasteiger partial charge in [-0.2, -0.15) is 0 Å². The van der Waals surface area contributed by atoms with Crippen LogP contribution in [-0.4, -0.2) is 40.5 Å². The van der Waals surface area contributed by atoms with Crippen LogP contribution in [-0.2, 0) is 21.5 Å². The van der Waals surface area contributed by atoms with Gasteiger partial charge in [0.25, 0.3) is 0 Å². The lowest BCUT2D eigenvalue weighted by Gasteiger charge is -2.36. The zero-order valence-corrected chi connectivity index (χ0v) is 16.6. The third-order valence-electron chi connectivity index (χ3n) is 5.28. The maximum atomic E-state index is 13.3. The Bertz CT molecular complexity index is 775. The van der Waals surface area contributed by atoms with Gasteiger partial charge in [0.05, 0.1) is 26.7 Å². The van der Waals surface area contributed by atoms with E-state index in [1.165, 1.54) is 0 Å². The first-order chi connectivity index (χ1) is 13.6. The molecule has 1 aliphatic rings. The van der Waals surface area contributed by atoms with Crippen molar-refractivity contribution in [3.05, 3.63) is 53.6 Å². The molecule has 28 heavy (non-hydrogen) atoms. The van der Waals surface area contributed by atoms with Crippen LogP contribution < -0.4 is 19.5 Å². The molecule has 0 aromatic heterocycles. The zero-order chi connectivity index (χ0) is 20.0. The number of benzene rings is 2. The third-order valence-corrected chi connectivity index (χ3v) is 5.28. The largest absolute Gasteiger partial charge is 0.493 e. The Morgan fingerprint density at radius 2 is 1.61 bits per heavy atom. The Morgan fingerprint density at radius 3 is 2.14 bits per heavy atom. The van der Waals surface area contributed by atoms with Gasteiger partial charge in [0.1, 0.15) is 0 Å². The maximum Gasteiger partial charge on any atom is 0.231 e. The van der Waals surface area contributed by atoms with E-state index in [2.05, 4.69) is 5.32 Å². The number of carbonyl (C=O) groups is 1. The second-order valence-corrected chi connectivity index (χ2v) is 6.78. The van der Waals surface area contributed by atoms with Gasteiger partial charge >= 0.3 is 0 Å². The summed E-state index contributed by atoms with van der Waals surface area (Å²) in [6.07, 6.45) is 1.33. The standard InChI is InChI=1S/C22H27NO5/c1-25-18-13-16(14-19(26-2)20(18)27-3)15-23-21(24)22(9-11-28-12-10-22)17-7-5-4-6-8-17/h4-8,13-14H,9-12,15H2,1-3H3,(H,23,24). The normalized spacial score (nSPS) is 15.5. The molecule has 0 spiro atoms. The molecule has 1 saturated heterocycles. The lowest BCUT2D eigenvalue weighted by atomic mass is 9.73. The average Bonchev–Trinajstić information content (AvgIpc) is 2.77. The summed E-state index contributed by atoms with van der Waals surface area (Å²) in [6, 6.07) is 13.6. The van der Waals surface area contributed by atoms with E-state index >= 15 is 0 Å². The Balaban J connectivity index is 1.82. The number of nitrogens with one attached hydrogen (secondary N) is 1. The fourth-order valence-corrected chi connectivity index (χ4v) is 3.71. The summed E-state index contributed by atoms with van der Waals surface area (Å²) in [7, 11) is 4.72. The predicted molar refractivity (Wildman–Crippen MR) is 106 cm³/mol. The number of methoxy groups -OCH3 is 3. The molecule has 1 N–H and O–H groups in total. The minimum Gasteiger partial charge on any atom is -0.493 e. The molecule has 150 valence electrons. The molecule has 2 aromatic carbocycles. The molecule has 0 bridgehead atoms. The van der Waals surface area contributed by atoms with Crippen LogP contribution in [0.4, 0.5) is 0 Å². The number of ether oxygens (including phenoxy) is 4. The maximum absolute atomic E-state index is 13.3. The highest BCUT2D eigenvalue weighted by Gasteiger charge is 2.41. The molecule has 1 aliphatic heterocycles. The first-order valence-electron chi connectivity index (χ1n) is 9.35. The summed E-state index contributed by atoms with van der Waals surface area (Å²) in [5, 5.41) is 3.10. The highest BCUT2D eigenvalue weighted by Crippen LogP contribution is 2.39. The highest BCUT2D eigenvalue weighted by molar-refractivity contribution is 5.88. The van der Waals surface area contributed by atoms with Crippen LogP contribution >= 0.6 is 0 Å². The Hall–Kier alpha value is -2.73. The van der Waals surface area contributed by atoms with Gasteiger partial charge in [0, 0.05) is 19.8 Å². The van der Waals surface area contributed by atoms with E-state index in [4.69, 9.17) is 18.9 Å². The van der Waals surface area contributed by atoms with E-state index in [1.807, 2.05) is 42.5 Å². The van der Waals surface area contributed by atoms with Crippen LogP contribution in [0.3, 0.4) is 0 Å². The third kappa shape index (κ3) is 3.92. The number of amides is 1. The van der Waals surface area contributed by atoms with E-state index in [9.17, 15) is 4.79 Å². The fraction of sp³-hybridized carbons (Fsp3) is 0.409. The minimum absolute atomic E-state index is 0.00996. The van der Waals surface area contributed by atoms with Gasteiger partial charge in [-0.1, -0.05) is 30.3 Å². The van der Waals surface area contributed by atoms with Crippen LogP contribution in [0.15, 0.2) is 42.5 Å². The van der Waals surface area contributed by atoms with Crippen molar-refractivity contribution >= 4 is 5.91 Å². The first-order valence-corrected chi connectivity index (χ1v) is 9.35. The Labute approximate surface area is 165 Å². The van der Waals surface area contributed by atoms with Gasteiger partial charge < -0.3 is 24.3 Å². The van der Waals surface area contributed by atoms with Crippen molar-refractivity contribution in [2.75, 3.05) is 34.5 Å². The van der Waals surface area contributed by atoms with Gasteiger partial charge in [0.15, 0.2) is 11.5 Å². The molecule has 1 heterocycles. The monoisotopic (exact) mass is 385 g/mol. The minimum atomic E-state index is -0.569. The molecular formula is C22H27NO5. The molecule has 0 unspecified atom stereocenters. The van der Waals surface area contributed by atoms with Gasteiger partial charge in [0.2, 0.25) is 11.7 Å². The summed E-state index contributed by atoms with van der Waals surface area (Å²) in [4.78, 5) is 13.3. The van der Waals surface area contributed by atoms with E-state index in [0.29, 0.717) is 49.8 Å². The van der Waals surface area contributed by atoms with Gasteiger partial charge in [-0.25, -0.2) is 0 Å². The van der Waals surface area contributed by atoms with Crippen molar-refractivity contribution < 1.29 is 23.7 Å². The fourth-order valence-electron chi connectivity index (χ4n) is 3.71. The quantitative estimate of drug-likeness (QED) is 0.793. The van der Waals surface area contributed by atoms with E-state index in [-0.39, 0.29) is 5.91 Å². The van der Waals surface area contributed by atoms with Crippen molar-refractivity contribution in [3.63, 3.8) is 0 Å². The molecule has 2 aromatic rings.